The van der Waals surface area contributed by atoms with Crippen LogP contribution in [0, 0.1) is 5.82 Å². The van der Waals surface area contributed by atoms with Gasteiger partial charge in [0.25, 0.3) is 0 Å². The fraction of sp³-hybridized carbons (Fsp3) is 0.154. The number of nitrogens with two attached hydrogens (primary N) is 1. The van der Waals surface area contributed by atoms with Crippen molar-refractivity contribution in [2.45, 2.75) is 26.5 Å². The van der Waals surface area contributed by atoms with Crippen molar-refractivity contribution in [1.29, 1.82) is 0 Å². The standard InChI is InChI=1S/C26H23FN6O2/c1-16(2)33-12-23(24-25(28)31-15-32-26(24)33)18-3-5-20(6-4-18)35-22-8-19(27)7-21(9-22)34-13-17-10-29-14-30-11-17/h3-12,14-16H,13H2,1-2H3,(H2,28,31,32). The molecule has 0 bridgehead atoms. The monoisotopic (exact) mass is 470 g/mol. The lowest BCUT2D eigenvalue weighted by Gasteiger charge is -2.10. The molecule has 0 spiro atoms. The van der Waals surface area contributed by atoms with Gasteiger partial charge in [0.2, 0.25) is 0 Å². The molecule has 0 fully saturated rings. The van der Waals surface area contributed by atoms with Gasteiger partial charge in [-0.1, -0.05) is 12.1 Å². The Bertz CT molecular complexity index is 1470. The zero-order chi connectivity index (χ0) is 24.4. The number of ether oxygens (including phenoxy) is 2. The van der Waals surface area contributed by atoms with Gasteiger partial charge in [0.1, 0.15) is 53.8 Å². The molecule has 2 N–H and O–H groups in total. The molecule has 0 amide bonds. The molecular weight excluding hydrogens is 447 g/mol. The zero-order valence-electron chi connectivity index (χ0n) is 19.2. The van der Waals surface area contributed by atoms with Gasteiger partial charge in [-0.05, 0) is 31.5 Å². The van der Waals surface area contributed by atoms with E-state index in [1.807, 2.05) is 30.5 Å². The van der Waals surface area contributed by atoms with E-state index in [2.05, 4.69) is 38.4 Å². The first-order chi connectivity index (χ1) is 17.0. The maximum Gasteiger partial charge on any atom is 0.146 e. The lowest BCUT2D eigenvalue weighted by molar-refractivity contribution is 0.302. The second-order valence-corrected chi connectivity index (χ2v) is 8.29. The van der Waals surface area contributed by atoms with Crippen LogP contribution in [-0.4, -0.2) is 24.5 Å². The highest BCUT2D eigenvalue weighted by molar-refractivity contribution is 6.00. The molecule has 0 aliphatic rings. The smallest absolute Gasteiger partial charge is 0.146 e. The zero-order valence-corrected chi connectivity index (χ0v) is 19.2. The third kappa shape index (κ3) is 4.74. The number of aromatic nitrogens is 5. The van der Waals surface area contributed by atoms with E-state index in [-0.39, 0.29) is 12.6 Å². The number of halogens is 1. The molecule has 0 aliphatic heterocycles. The lowest BCUT2D eigenvalue weighted by atomic mass is 10.1. The Balaban J connectivity index is 1.37. The van der Waals surface area contributed by atoms with Crippen molar-refractivity contribution < 1.29 is 13.9 Å². The van der Waals surface area contributed by atoms with Crippen LogP contribution in [0.2, 0.25) is 0 Å². The summed E-state index contributed by atoms with van der Waals surface area (Å²) in [4.78, 5) is 16.5. The third-order valence-corrected chi connectivity index (χ3v) is 5.46. The van der Waals surface area contributed by atoms with Gasteiger partial charge < -0.3 is 19.8 Å². The Labute approximate surface area is 201 Å². The molecule has 0 radical (unpaired) electrons. The summed E-state index contributed by atoms with van der Waals surface area (Å²) >= 11 is 0. The Morgan fingerprint density at radius 3 is 2.43 bits per heavy atom. The summed E-state index contributed by atoms with van der Waals surface area (Å²) in [7, 11) is 0. The fourth-order valence-electron chi connectivity index (χ4n) is 3.81. The molecule has 0 aliphatic carbocycles. The highest BCUT2D eigenvalue weighted by Gasteiger charge is 2.16. The van der Waals surface area contributed by atoms with Crippen LogP contribution in [0.4, 0.5) is 10.2 Å². The number of fused-ring (bicyclic) bond motifs is 1. The molecule has 0 unspecified atom stereocenters. The van der Waals surface area contributed by atoms with E-state index in [1.165, 1.54) is 24.8 Å². The summed E-state index contributed by atoms with van der Waals surface area (Å²) in [6, 6.07) is 11.9. The first kappa shape index (κ1) is 22.3. The largest absolute Gasteiger partial charge is 0.489 e. The second kappa shape index (κ2) is 9.38. The number of rotatable bonds is 7. The van der Waals surface area contributed by atoms with Gasteiger partial charge >= 0.3 is 0 Å². The summed E-state index contributed by atoms with van der Waals surface area (Å²) in [6.45, 7) is 4.39. The highest BCUT2D eigenvalue weighted by Crippen LogP contribution is 2.35. The predicted octanol–water partition coefficient (Wildman–Crippen LogP) is 5.56. The Morgan fingerprint density at radius 1 is 0.943 bits per heavy atom. The van der Waals surface area contributed by atoms with Crippen LogP contribution in [-0.2, 0) is 6.61 Å². The van der Waals surface area contributed by atoms with Gasteiger partial charge in [-0.2, -0.15) is 0 Å². The molecule has 5 aromatic rings. The van der Waals surface area contributed by atoms with Crippen LogP contribution in [0.25, 0.3) is 22.2 Å². The average Bonchev–Trinajstić information content (AvgIpc) is 3.25. The number of hydrogen-bond acceptors (Lipinski definition) is 7. The first-order valence-corrected chi connectivity index (χ1v) is 11.0. The number of nitrogens with zero attached hydrogens (tertiary/aromatic N) is 5. The molecule has 9 heteroatoms. The Hall–Kier alpha value is -4.53. The fourth-order valence-corrected chi connectivity index (χ4v) is 3.81. The van der Waals surface area contributed by atoms with Crippen molar-refractivity contribution in [2.24, 2.45) is 0 Å². The normalized spacial score (nSPS) is 11.2. The minimum atomic E-state index is -0.463. The average molecular weight is 471 g/mol. The molecule has 8 nitrogen and oxygen atoms in total. The minimum absolute atomic E-state index is 0.210. The van der Waals surface area contributed by atoms with Crippen LogP contribution >= 0.6 is 0 Å². The van der Waals surface area contributed by atoms with Crippen LogP contribution < -0.4 is 15.2 Å². The molecule has 5 rings (SSSR count). The van der Waals surface area contributed by atoms with Gasteiger partial charge in [-0.25, -0.2) is 24.3 Å². The van der Waals surface area contributed by atoms with Crippen molar-refractivity contribution in [3.63, 3.8) is 0 Å². The summed E-state index contributed by atoms with van der Waals surface area (Å²) in [5, 5.41) is 0.811. The van der Waals surface area contributed by atoms with Crippen molar-refractivity contribution in [3.8, 4) is 28.4 Å². The van der Waals surface area contributed by atoms with E-state index in [0.29, 0.717) is 23.1 Å². The lowest BCUT2D eigenvalue weighted by Crippen LogP contribution is -2.00. The van der Waals surface area contributed by atoms with Gasteiger partial charge in [0.15, 0.2) is 0 Å². The maximum atomic E-state index is 14.2. The van der Waals surface area contributed by atoms with Gasteiger partial charge in [0, 0.05) is 54.0 Å². The molecule has 0 saturated heterocycles. The van der Waals surface area contributed by atoms with E-state index in [1.54, 1.807) is 18.5 Å². The number of anilines is 1. The highest BCUT2D eigenvalue weighted by atomic mass is 19.1. The van der Waals surface area contributed by atoms with E-state index < -0.39 is 5.82 Å². The van der Waals surface area contributed by atoms with Crippen LogP contribution in [0.15, 0.2) is 73.7 Å². The third-order valence-electron chi connectivity index (χ3n) is 5.46. The Morgan fingerprint density at radius 2 is 1.69 bits per heavy atom. The summed E-state index contributed by atoms with van der Waals surface area (Å²) in [5.74, 6) is 1.19. The van der Waals surface area contributed by atoms with E-state index in [0.717, 1.165) is 27.7 Å². The minimum Gasteiger partial charge on any atom is -0.489 e. The Kier molecular flexibility index (Phi) is 5.97. The molecule has 35 heavy (non-hydrogen) atoms. The predicted molar refractivity (Wildman–Crippen MR) is 131 cm³/mol. The summed E-state index contributed by atoms with van der Waals surface area (Å²) < 4.78 is 27.8. The molecule has 3 aromatic heterocycles. The summed E-state index contributed by atoms with van der Waals surface area (Å²) in [6.07, 6.45) is 8.23. The molecule has 0 atom stereocenters. The van der Waals surface area contributed by atoms with Crippen molar-refractivity contribution in [1.82, 2.24) is 24.5 Å². The molecule has 2 aromatic carbocycles. The number of benzene rings is 2. The van der Waals surface area contributed by atoms with E-state index in [4.69, 9.17) is 15.2 Å². The van der Waals surface area contributed by atoms with Gasteiger partial charge in [0.05, 0.1) is 5.39 Å². The van der Waals surface area contributed by atoms with Crippen LogP contribution in [0.1, 0.15) is 25.5 Å². The maximum absolute atomic E-state index is 14.2. The van der Waals surface area contributed by atoms with Gasteiger partial charge in [-0.15, -0.1) is 0 Å². The van der Waals surface area contributed by atoms with Crippen molar-refractivity contribution >= 4 is 16.9 Å². The topological polar surface area (TPSA) is 101 Å². The number of nitrogen functional groups attached to an aromatic ring is 1. The first-order valence-electron chi connectivity index (χ1n) is 11.0. The SMILES string of the molecule is CC(C)n1cc(-c2ccc(Oc3cc(F)cc(OCc4cncnc4)c3)cc2)c2c(N)ncnc21. The molecule has 176 valence electrons. The number of hydrogen-bond donors (Lipinski definition) is 1. The van der Waals surface area contributed by atoms with Crippen LogP contribution in [0.5, 0.6) is 17.2 Å². The van der Waals surface area contributed by atoms with Crippen LogP contribution in [0.3, 0.4) is 0 Å². The van der Waals surface area contributed by atoms with E-state index >= 15 is 0 Å². The quantitative estimate of drug-likeness (QED) is 0.332. The van der Waals surface area contributed by atoms with Crippen molar-refractivity contribution in [2.75, 3.05) is 5.73 Å². The van der Waals surface area contributed by atoms with Crippen molar-refractivity contribution in [3.05, 3.63) is 85.1 Å². The van der Waals surface area contributed by atoms with E-state index in [9.17, 15) is 4.39 Å². The second-order valence-electron chi connectivity index (χ2n) is 8.29. The summed E-state index contributed by atoms with van der Waals surface area (Å²) in [5.41, 5.74) is 9.63. The molecular formula is C26H23FN6O2. The molecule has 3 heterocycles. The van der Waals surface area contributed by atoms with Gasteiger partial charge in [-0.3, -0.25) is 0 Å². The molecule has 0 saturated carbocycles.